The number of nitrogens with zero attached hydrogens (tertiary/aromatic N) is 6. The van der Waals surface area contributed by atoms with Crippen LogP contribution < -0.4 is 10.1 Å². The Labute approximate surface area is 190 Å². The van der Waals surface area contributed by atoms with Gasteiger partial charge in [-0.25, -0.2) is 9.67 Å². The van der Waals surface area contributed by atoms with E-state index in [4.69, 9.17) is 9.26 Å². The Balaban J connectivity index is 1.47. The Bertz CT molecular complexity index is 1150. The Morgan fingerprint density at radius 3 is 2.97 bits per heavy atom. The van der Waals surface area contributed by atoms with E-state index in [0.29, 0.717) is 54.1 Å². The third-order valence-electron chi connectivity index (χ3n) is 5.66. The van der Waals surface area contributed by atoms with E-state index in [1.807, 2.05) is 32.1 Å². The van der Waals surface area contributed by atoms with Crippen LogP contribution in [-0.4, -0.2) is 47.3 Å². The van der Waals surface area contributed by atoms with Crippen molar-refractivity contribution in [3.8, 4) is 17.1 Å². The van der Waals surface area contributed by atoms with E-state index in [-0.39, 0.29) is 12.0 Å². The average Bonchev–Trinajstić information content (AvgIpc) is 3.40. The highest BCUT2D eigenvalue weighted by Gasteiger charge is 2.28. The molecule has 3 heterocycles. The lowest BCUT2D eigenvalue weighted by Crippen LogP contribution is -2.29. The molecular formula is C22H27N7O4. The molecule has 0 radical (unpaired) electrons. The fraction of sp³-hybridized carbons (Fsp3) is 0.455. The first-order valence-corrected chi connectivity index (χ1v) is 10.9. The largest absolute Gasteiger partial charge is 0.489 e. The van der Waals surface area contributed by atoms with Crippen LogP contribution in [0.25, 0.3) is 17.5 Å². The molecule has 11 nitrogen and oxygen atoms in total. The van der Waals surface area contributed by atoms with Gasteiger partial charge in [-0.15, -0.1) is 5.10 Å². The van der Waals surface area contributed by atoms with Crippen molar-refractivity contribution in [1.82, 2.24) is 30.1 Å². The van der Waals surface area contributed by atoms with Gasteiger partial charge in [0.25, 0.3) is 11.8 Å². The molecule has 33 heavy (non-hydrogen) atoms. The predicted octanol–water partition coefficient (Wildman–Crippen LogP) is 3.24. The van der Waals surface area contributed by atoms with Gasteiger partial charge in [0.1, 0.15) is 11.4 Å². The van der Waals surface area contributed by atoms with Gasteiger partial charge in [0.2, 0.25) is 0 Å². The van der Waals surface area contributed by atoms with E-state index in [2.05, 4.69) is 30.8 Å². The van der Waals surface area contributed by atoms with Crippen LogP contribution in [-0.2, 0) is 18.4 Å². The van der Waals surface area contributed by atoms with Gasteiger partial charge in [-0.1, -0.05) is 11.3 Å². The van der Waals surface area contributed by atoms with Gasteiger partial charge in [0, 0.05) is 7.05 Å². The number of carbonyl (C=O) groups is 1. The Hall–Kier alpha value is -3.76. The van der Waals surface area contributed by atoms with Crippen LogP contribution in [0.3, 0.4) is 0 Å². The van der Waals surface area contributed by atoms with Gasteiger partial charge in [-0.05, 0) is 62.9 Å². The molecule has 11 heteroatoms. The van der Waals surface area contributed by atoms with Gasteiger partial charge >= 0.3 is 5.97 Å². The molecule has 0 aliphatic heterocycles. The molecule has 0 unspecified atom stereocenters. The zero-order chi connectivity index (χ0) is 23.4. The van der Waals surface area contributed by atoms with Gasteiger partial charge in [0.15, 0.2) is 0 Å². The number of carboxylic acid groups (broad SMARTS) is 1. The Morgan fingerprint density at radius 2 is 2.21 bits per heavy atom. The second-order valence-electron chi connectivity index (χ2n) is 8.04. The van der Waals surface area contributed by atoms with Crippen molar-refractivity contribution in [2.45, 2.75) is 52.2 Å². The second kappa shape index (κ2) is 9.80. The van der Waals surface area contributed by atoms with E-state index in [1.165, 1.54) is 0 Å². The summed E-state index contributed by atoms with van der Waals surface area (Å²) in [4.78, 5) is 20.2. The molecule has 0 spiro atoms. The zero-order valence-corrected chi connectivity index (χ0v) is 18.9. The van der Waals surface area contributed by atoms with Crippen LogP contribution in [0.5, 0.6) is 5.75 Å². The summed E-state index contributed by atoms with van der Waals surface area (Å²) in [7, 11) is 1.81. The fourth-order valence-electron chi connectivity index (χ4n) is 3.91. The molecule has 1 aliphatic carbocycles. The molecule has 1 fully saturated rings. The van der Waals surface area contributed by atoms with E-state index in [9.17, 15) is 9.90 Å². The summed E-state index contributed by atoms with van der Waals surface area (Å²) in [6.45, 7) is 4.12. The molecule has 174 valence electrons. The van der Waals surface area contributed by atoms with Crippen LogP contribution >= 0.6 is 0 Å². The van der Waals surface area contributed by atoms with Crippen molar-refractivity contribution in [2.75, 3.05) is 5.32 Å². The minimum Gasteiger partial charge on any atom is -0.489 e. The van der Waals surface area contributed by atoms with Gasteiger partial charge in [-0.2, -0.15) is 4.98 Å². The lowest BCUT2D eigenvalue weighted by atomic mass is 9.87. The number of anilines is 1. The van der Waals surface area contributed by atoms with Gasteiger partial charge < -0.3 is 19.7 Å². The summed E-state index contributed by atoms with van der Waals surface area (Å²) in [5, 5.41) is 24.7. The summed E-state index contributed by atoms with van der Waals surface area (Å²) >= 11 is 0. The summed E-state index contributed by atoms with van der Waals surface area (Å²) < 4.78 is 12.9. The molecule has 3 aromatic rings. The van der Waals surface area contributed by atoms with E-state index >= 15 is 0 Å². The minimum atomic E-state index is -0.754. The van der Waals surface area contributed by atoms with Crippen molar-refractivity contribution < 1.29 is 19.2 Å². The normalized spacial score (nSPS) is 18.5. The van der Waals surface area contributed by atoms with E-state index in [0.717, 1.165) is 18.5 Å². The van der Waals surface area contributed by atoms with Crippen molar-refractivity contribution >= 4 is 18.0 Å². The van der Waals surface area contributed by atoms with Crippen LogP contribution in [0.1, 0.15) is 49.9 Å². The molecule has 0 saturated heterocycles. The number of rotatable bonds is 8. The highest BCUT2D eigenvalue weighted by Crippen LogP contribution is 2.30. The fourth-order valence-corrected chi connectivity index (χ4v) is 3.91. The summed E-state index contributed by atoms with van der Waals surface area (Å²) in [6.07, 6.45) is 6.33. The first-order valence-electron chi connectivity index (χ1n) is 10.9. The number of hydrogen-bond donors (Lipinski definition) is 2. The maximum atomic E-state index is 11.3. The zero-order valence-electron chi connectivity index (χ0n) is 18.9. The van der Waals surface area contributed by atoms with Gasteiger partial charge in [-0.3, -0.25) is 4.79 Å². The molecule has 0 amide bonds. The summed E-state index contributed by atoms with van der Waals surface area (Å²) in [6, 6.07) is 3.70. The molecule has 1 saturated carbocycles. The van der Waals surface area contributed by atoms with Crippen molar-refractivity contribution in [3.63, 3.8) is 0 Å². The van der Waals surface area contributed by atoms with Crippen LogP contribution in [0.2, 0.25) is 0 Å². The predicted molar refractivity (Wildman–Crippen MR) is 119 cm³/mol. The first kappa shape index (κ1) is 22.4. The topological polar surface area (TPSA) is 141 Å². The quantitative estimate of drug-likeness (QED) is 0.522. The average molecular weight is 454 g/mol. The molecule has 0 bridgehead atoms. The van der Waals surface area contributed by atoms with Crippen molar-refractivity contribution in [3.05, 3.63) is 35.5 Å². The highest BCUT2D eigenvalue weighted by atomic mass is 16.5. The standard InChI is InChI=1S/C22H27N7O4/c1-4-6-19-25-22(27-33-19)23-12-17-20(26-28-29(17)3)16-9-10-18(13(2)24-16)32-15-8-5-7-14(11-15)21(30)31/h4,6,9-10,14-15H,5,7-8,11-12H2,1-3H3,(H,23,27)(H,30,31)/b6-4+/t14-,15-/m0/s1. The molecular weight excluding hydrogens is 426 g/mol. The first-order chi connectivity index (χ1) is 15.9. The molecule has 1 aliphatic rings. The number of aryl methyl sites for hydroxylation is 2. The maximum Gasteiger partial charge on any atom is 0.306 e. The van der Waals surface area contributed by atoms with E-state index in [1.54, 1.807) is 17.8 Å². The number of pyridine rings is 1. The third-order valence-corrected chi connectivity index (χ3v) is 5.66. The number of allylic oxidation sites excluding steroid dienone is 1. The maximum absolute atomic E-state index is 11.3. The number of carboxylic acids is 1. The Kier molecular flexibility index (Phi) is 6.66. The molecule has 2 atom stereocenters. The number of ether oxygens (including phenoxy) is 1. The number of nitrogens with one attached hydrogen (secondary N) is 1. The summed E-state index contributed by atoms with van der Waals surface area (Å²) in [5.74, 6) is 0.344. The van der Waals surface area contributed by atoms with Crippen LogP contribution in [0.15, 0.2) is 22.7 Å². The van der Waals surface area contributed by atoms with Gasteiger partial charge in [0.05, 0.1) is 35.6 Å². The van der Waals surface area contributed by atoms with E-state index < -0.39 is 5.97 Å². The third kappa shape index (κ3) is 5.18. The van der Waals surface area contributed by atoms with Crippen molar-refractivity contribution in [2.24, 2.45) is 13.0 Å². The Morgan fingerprint density at radius 1 is 1.36 bits per heavy atom. The summed E-state index contributed by atoms with van der Waals surface area (Å²) in [5.41, 5.74) is 2.83. The molecule has 3 aromatic heterocycles. The highest BCUT2D eigenvalue weighted by molar-refractivity contribution is 5.70. The molecule has 0 aromatic carbocycles. The van der Waals surface area contributed by atoms with Crippen LogP contribution in [0, 0.1) is 12.8 Å². The number of aliphatic carboxylic acids is 1. The SMILES string of the molecule is C/C=C/c1nc(NCc2c(-c3ccc(O[C@H]4CCC[C@H](C(=O)O)C4)c(C)n3)nnn2C)no1. The number of aromatic nitrogens is 6. The monoisotopic (exact) mass is 453 g/mol. The van der Waals surface area contributed by atoms with Crippen LogP contribution in [0.4, 0.5) is 5.95 Å². The van der Waals surface area contributed by atoms with Crippen molar-refractivity contribution in [1.29, 1.82) is 0 Å². The molecule has 2 N–H and O–H groups in total. The second-order valence-corrected chi connectivity index (χ2v) is 8.04. The minimum absolute atomic E-state index is 0.120. The lowest BCUT2D eigenvalue weighted by molar-refractivity contribution is -0.143. The lowest BCUT2D eigenvalue weighted by Gasteiger charge is -2.27. The smallest absolute Gasteiger partial charge is 0.306 e. The molecule has 4 rings (SSSR count). The number of hydrogen-bond acceptors (Lipinski definition) is 9.